The molecule has 1 atom stereocenters. The van der Waals surface area contributed by atoms with E-state index in [0.717, 1.165) is 10.9 Å². The van der Waals surface area contributed by atoms with Crippen molar-refractivity contribution in [3.05, 3.63) is 70.2 Å². The summed E-state index contributed by atoms with van der Waals surface area (Å²) in [5.41, 5.74) is 8.38. The molecule has 2 N–H and O–H groups in total. The summed E-state index contributed by atoms with van der Waals surface area (Å²) < 4.78 is 1.14. The molecule has 0 saturated carbocycles. The van der Waals surface area contributed by atoms with Gasteiger partial charge in [0.15, 0.2) is 0 Å². The predicted octanol–water partition coefficient (Wildman–Crippen LogP) is 4.10. The van der Waals surface area contributed by atoms with E-state index in [1.165, 1.54) is 11.1 Å². The van der Waals surface area contributed by atoms with Gasteiger partial charge in [0.05, 0.1) is 0 Å². The maximum atomic E-state index is 5.82. The Morgan fingerprint density at radius 1 is 1.00 bits per heavy atom. The first-order valence-electron chi connectivity index (χ1n) is 6.19. The third-order valence-corrected chi connectivity index (χ3v) is 4.22. The van der Waals surface area contributed by atoms with Crippen LogP contribution in [0, 0.1) is 0 Å². The molecule has 1 nitrogen and oxygen atoms in total. The average Bonchev–Trinajstić information content (AvgIpc) is 2.40. The molecule has 0 amide bonds. The van der Waals surface area contributed by atoms with Gasteiger partial charge in [-0.2, -0.15) is 0 Å². The van der Waals surface area contributed by atoms with Gasteiger partial charge in [-0.05, 0) is 30.2 Å². The van der Waals surface area contributed by atoms with Gasteiger partial charge in [0.25, 0.3) is 0 Å². The van der Waals surface area contributed by atoms with Crippen molar-refractivity contribution in [3.8, 4) is 0 Å². The maximum Gasteiger partial charge on any atom is 0.0216 e. The van der Waals surface area contributed by atoms with Gasteiger partial charge in [0.1, 0.15) is 0 Å². The van der Waals surface area contributed by atoms with E-state index in [4.69, 9.17) is 5.73 Å². The van der Waals surface area contributed by atoms with Crippen LogP contribution in [0.5, 0.6) is 0 Å². The molecule has 1 unspecified atom stereocenters. The van der Waals surface area contributed by atoms with E-state index in [-0.39, 0.29) is 5.41 Å². The topological polar surface area (TPSA) is 26.0 Å². The zero-order valence-corrected chi connectivity index (χ0v) is 12.2. The van der Waals surface area contributed by atoms with Gasteiger partial charge >= 0.3 is 0 Å². The third-order valence-electron chi connectivity index (χ3n) is 3.52. The lowest BCUT2D eigenvalue weighted by Crippen LogP contribution is -2.27. The van der Waals surface area contributed by atoms with Crippen molar-refractivity contribution in [3.63, 3.8) is 0 Å². The van der Waals surface area contributed by atoms with Gasteiger partial charge < -0.3 is 5.73 Å². The molecule has 0 fully saturated rings. The lowest BCUT2D eigenvalue weighted by atomic mass is 9.74. The summed E-state index contributed by atoms with van der Waals surface area (Å²) in [7, 11) is 0. The Balaban J connectivity index is 2.55. The predicted molar refractivity (Wildman–Crippen MR) is 80.7 cm³/mol. The van der Waals surface area contributed by atoms with Gasteiger partial charge in [-0.15, -0.1) is 0 Å². The van der Waals surface area contributed by atoms with E-state index < -0.39 is 0 Å². The van der Waals surface area contributed by atoms with Crippen LogP contribution in [0.1, 0.15) is 24.5 Å². The molecule has 0 aromatic heterocycles. The molecule has 0 radical (unpaired) electrons. The lowest BCUT2D eigenvalue weighted by Gasteiger charge is -2.31. The molecule has 0 aliphatic carbocycles. The first-order valence-corrected chi connectivity index (χ1v) is 6.98. The Morgan fingerprint density at radius 3 is 2.22 bits per heavy atom. The molecule has 0 saturated heterocycles. The SMILES string of the molecule is CC(CCN)(c1ccccc1)c1ccccc1Br. The monoisotopic (exact) mass is 303 g/mol. The number of hydrogen-bond acceptors (Lipinski definition) is 1. The van der Waals surface area contributed by atoms with Crippen molar-refractivity contribution < 1.29 is 0 Å². The van der Waals surface area contributed by atoms with Crippen molar-refractivity contribution in [2.75, 3.05) is 6.54 Å². The molecule has 2 rings (SSSR count). The van der Waals surface area contributed by atoms with Crippen molar-refractivity contribution in [2.45, 2.75) is 18.8 Å². The molecule has 0 aliphatic heterocycles. The van der Waals surface area contributed by atoms with Gasteiger partial charge in [0.2, 0.25) is 0 Å². The van der Waals surface area contributed by atoms with Crippen molar-refractivity contribution in [1.82, 2.24) is 0 Å². The molecule has 94 valence electrons. The Labute approximate surface area is 117 Å². The Kier molecular flexibility index (Phi) is 4.20. The summed E-state index contributed by atoms with van der Waals surface area (Å²) in [6, 6.07) is 19.0. The minimum atomic E-state index is -0.0455. The first kappa shape index (κ1) is 13.3. The molecular formula is C16H18BrN. The number of nitrogens with two attached hydrogens (primary N) is 1. The van der Waals surface area contributed by atoms with Crippen molar-refractivity contribution in [2.24, 2.45) is 5.73 Å². The normalized spacial score (nSPS) is 14.2. The summed E-state index contributed by atoms with van der Waals surface area (Å²) >= 11 is 3.66. The third kappa shape index (κ3) is 2.50. The van der Waals surface area contributed by atoms with Crippen LogP contribution >= 0.6 is 15.9 Å². The summed E-state index contributed by atoms with van der Waals surface area (Å²) in [4.78, 5) is 0. The molecule has 0 heterocycles. The zero-order valence-electron chi connectivity index (χ0n) is 10.6. The fraction of sp³-hybridized carbons (Fsp3) is 0.250. The van der Waals surface area contributed by atoms with Crippen LogP contribution < -0.4 is 5.73 Å². The van der Waals surface area contributed by atoms with Crippen LogP contribution in [0.3, 0.4) is 0 Å². The number of halogens is 1. The molecule has 0 spiro atoms. The Morgan fingerprint density at radius 2 is 1.61 bits per heavy atom. The Bertz CT molecular complexity index is 510. The van der Waals surface area contributed by atoms with Crippen LogP contribution in [-0.4, -0.2) is 6.54 Å². The van der Waals surface area contributed by atoms with Crippen molar-refractivity contribution >= 4 is 15.9 Å². The minimum absolute atomic E-state index is 0.0455. The van der Waals surface area contributed by atoms with E-state index in [1.807, 2.05) is 12.1 Å². The van der Waals surface area contributed by atoms with E-state index in [9.17, 15) is 0 Å². The molecule has 2 aromatic rings. The Hall–Kier alpha value is -1.12. The maximum absolute atomic E-state index is 5.82. The second-order valence-electron chi connectivity index (χ2n) is 4.72. The fourth-order valence-corrected chi connectivity index (χ4v) is 3.16. The number of rotatable bonds is 4. The highest BCUT2D eigenvalue weighted by atomic mass is 79.9. The fourth-order valence-electron chi connectivity index (χ4n) is 2.44. The van der Waals surface area contributed by atoms with Crippen molar-refractivity contribution in [1.29, 1.82) is 0 Å². The number of hydrogen-bond donors (Lipinski definition) is 1. The second kappa shape index (κ2) is 5.68. The van der Waals surface area contributed by atoms with Gasteiger partial charge in [0, 0.05) is 9.89 Å². The van der Waals surface area contributed by atoms with Crippen LogP contribution in [0.25, 0.3) is 0 Å². The first-order chi connectivity index (χ1) is 8.68. The highest BCUT2D eigenvalue weighted by Gasteiger charge is 2.29. The highest BCUT2D eigenvalue weighted by Crippen LogP contribution is 2.38. The van der Waals surface area contributed by atoms with E-state index in [0.29, 0.717) is 6.54 Å². The smallest absolute Gasteiger partial charge is 0.0216 e. The van der Waals surface area contributed by atoms with Crippen LogP contribution in [0.4, 0.5) is 0 Å². The van der Waals surface area contributed by atoms with Crippen LogP contribution in [0.2, 0.25) is 0 Å². The zero-order chi connectivity index (χ0) is 13.0. The van der Waals surface area contributed by atoms with E-state index in [1.54, 1.807) is 0 Å². The molecule has 0 bridgehead atoms. The molecular weight excluding hydrogens is 286 g/mol. The lowest BCUT2D eigenvalue weighted by molar-refractivity contribution is 0.526. The van der Waals surface area contributed by atoms with E-state index in [2.05, 4.69) is 65.3 Å². The molecule has 0 aliphatic rings. The molecule has 18 heavy (non-hydrogen) atoms. The minimum Gasteiger partial charge on any atom is -0.330 e. The standard InChI is InChI=1S/C16H18BrN/c1-16(11-12-18,13-7-3-2-4-8-13)14-9-5-6-10-15(14)17/h2-10H,11-12,18H2,1H3. The summed E-state index contributed by atoms with van der Waals surface area (Å²) in [6.07, 6.45) is 0.930. The van der Waals surface area contributed by atoms with E-state index >= 15 is 0 Å². The second-order valence-corrected chi connectivity index (χ2v) is 5.57. The van der Waals surface area contributed by atoms with Gasteiger partial charge in [-0.3, -0.25) is 0 Å². The largest absolute Gasteiger partial charge is 0.330 e. The van der Waals surface area contributed by atoms with Gasteiger partial charge in [-0.25, -0.2) is 0 Å². The summed E-state index contributed by atoms with van der Waals surface area (Å²) in [6.45, 7) is 2.93. The average molecular weight is 304 g/mol. The molecule has 2 heteroatoms. The highest BCUT2D eigenvalue weighted by molar-refractivity contribution is 9.10. The number of benzene rings is 2. The molecule has 2 aromatic carbocycles. The van der Waals surface area contributed by atoms with Crippen LogP contribution in [0.15, 0.2) is 59.1 Å². The summed E-state index contributed by atoms with van der Waals surface area (Å²) in [5.74, 6) is 0. The van der Waals surface area contributed by atoms with Gasteiger partial charge in [-0.1, -0.05) is 71.4 Å². The summed E-state index contributed by atoms with van der Waals surface area (Å²) in [5, 5.41) is 0. The van der Waals surface area contributed by atoms with Crippen LogP contribution in [-0.2, 0) is 5.41 Å². The quantitative estimate of drug-likeness (QED) is 0.904.